The lowest BCUT2D eigenvalue weighted by Gasteiger charge is -2.35. The van der Waals surface area contributed by atoms with Gasteiger partial charge in [-0.3, -0.25) is 9.59 Å². The molecule has 0 atom stereocenters. The third-order valence-electron chi connectivity index (χ3n) is 2.97. The number of carbonyl (C=O) groups is 2. The maximum Gasteiger partial charge on any atom is 0.219 e. The number of rotatable bonds is 2. The van der Waals surface area contributed by atoms with Crippen LogP contribution in [0.4, 0.5) is 5.82 Å². The van der Waals surface area contributed by atoms with Crippen molar-refractivity contribution in [3.63, 3.8) is 0 Å². The molecule has 0 N–H and O–H groups in total. The number of carbonyl (C=O) groups excluding carboxylic acids is 2. The van der Waals surface area contributed by atoms with Crippen molar-refractivity contribution in [2.45, 2.75) is 6.92 Å². The van der Waals surface area contributed by atoms with Crippen LogP contribution in [0.15, 0.2) is 18.3 Å². The molecule has 1 aromatic rings. The number of aromatic nitrogens is 1. The average Bonchev–Trinajstić information content (AvgIpc) is 2.39. The largest absolute Gasteiger partial charge is 0.352 e. The normalized spacial score (nSPS) is 15.8. The Morgan fingerprint density at radius 2 is 2.06 bits per heavy atom. The molecular formula is C12H15N3O2. The zero-order valence-corrected chi connectivity index (χ0v) is 9.80. The van der Waals surface area contributed by atoms with Gasteiger partial charge in [0.15, 0.2) is 6.29 Å². The second kappa shape index (κ2) is 4.95. The number of pyridine rings is 1. The van der Waals surface area contributed by atoms with E-state index in [1.54, 1.807) is 30.2 Å². The van der Waals surface area contributed by atoms with Crippen LogP contribution in [0.1, 0.15) is 17.3 Å². The molecule has 1 saturated heterocycles. The number of hydrogen-bond acceptors (Lipinski definition) is 4. The minimum atomic E-state index is 0.0984. The van der Waals surface area contributed by atoms with Crippen LogP contribution in [0.3, 0.4) is 0 Å². The summed E-state index contributed by atoms with van der Waals surface area (Å²) >= 11 is 0. The van der Waals surface area contributed by atoms with Crippen LogP contribution in [0.25, 0.3) is 0 Å². The minimum Gasteiger partial charge on any atom is -0.352 e. The highest BCUT2D eigenvalue weighted by Crippen LogP contribution is 2.17. The number of piperazine rings is 1. The summed E-state index contributed by atoms with van der Waals surface area (Å²) in [7, 11) is 0. The minimum absolute atomic E-state index is 0.0984. The molecule has 5 nitrogen and oxygen atoms in total. The van der Waals surface area contributed by atoms with E-state index in [1.807, 2.05) is 4.90 Å². The van der Waals surface area contributed by atoms with Gasteiger partial charge >= 0.3 is 0 Å². The first-order valence-corrected chi connectivity index (χ1v) is 5.63. The van der Waals surface area contributed by atoms with E-state index in [-0.39, 0.29) is 5.91 Å². The summed E-state index contributed by atoms with van der Waals surface area (Å²) in [6.07, 6.45) is 2.50. The van der Waals surface area contributed by atoms with E-state index >= 15 is 0 Å². The molecule has 0 unspecified atom stereocenters. The Hall–Kier alpha value is -1.91. The molecule has 0 spiro atoms. The van der Waals surface area contributed by atoms with Crippen molar-refractivity contribution in [1.82, 2.24) is 9.88 Å². The van der Waals surface area contributed by atoms with E-state index in [2.05, 4.69) is 4.98 Å². The van der Waals surface area contributed by atoms with Crippen molar-refractivity contribution >= 4 is 18.0 Å². The summed E-state index contributed by atoms with van der Waals surface area (Å²) in [6, 6.07) is 3.51. The smallest absolute Gasteiger partial charge is 0.219 e. The van der Waals surface area contributed by atoms with Crippen molar-refractivity contribution in [1.29, 1.82) is 0 Å². The van der Waals surface area contributed by atoms with Crippen molar-refractivity contribution in [2.24, 2.45) is 0 Å². The molecule has 2 heterocycles. The summed E-state index contributed by atoms with van der Waals surface area (Å²) in [6.45, 7) is 4.39. The van der Waals surface area contributed by atoms with Crippen molar-refractivity contribution in [3.05, 3.63) is 23.9 Å². The lowest BCUT2D eigenvalue weighted by atomic mass is 10.2. The first kappa shape index (κ1) is 11.6. The zero-order chi connectivity index (χ0) is 12.3. The van der Waals surface area contributed by atoms with E-state index in [4.69, 9.17) is 0 Å². The van der Waals surface area contributed by atoms with Crippen LogP contribution < -0.4 is 4.90 Å². The van der Waals surface area contributed by atoms with Crippen LogP contribution in [0, 0.1) is 0 Å². The van der Waals surface area contributed by atoms with E-state index in [1.165, 1.54) is 0 Å². The standard InChI is InChI=1S/C12H15N3O2/c1-10(17)14-5-7-15(8-6-14)12-11(9-16)3-2-4-13-12/h2-4,9H,5-8H2,1H3. The molecule has 1 aromatic heterocycles. The quantitative estimate of drug-likeness (QED) is 0.700. The molecule has 90 valence electrons. The molecule has 1 fully saturated rings. The fraction of sp³-hybridized carbons (Fsp3) is 0.417. The van der Waals surface area contributed by atoms with Crippen molar-refractivity contribution in [3.8, 4) is 0 Å². The zero-order valence-electron chi connectivity index (χ0n) is 9.80. The molecule has 0 aromatic carbocycles. The lowest BCUT2D eigenvalue weighted by Crippen LogP contribution is -2.48. The van der Waals surface area contributed by atoms with Crippen molar-refractivity contribution in [2.75, 3.05) is 31.1 Å². The Labute approximate surface area is 100 Å². The predicted molar refractivity (Wildman–Crippen MR) is 64.1 cm³/mol. The highest BCUT2D eigenvalue weighted by Gasteiger charge is 2.20. The first-order valence-electron chi connectivity index (χ1n) is 5.63. The third-order valence-corrected chi connectivity index (χ3v) is 2.97. The second-order valence-corrected chi connectivity index (χ2v) is 4.03. The number of anilines is 1. The van der Waals surface area contributed by atoms with Gasteiger partial charge in [-0.1, -0.05) is 0 Å². The maximum atomic E-state index is 11.2. The van der Waals surface area contributed by atoms with E-state index in [9.17, 15) is 9.59 Å². The Morgan fingerprint density at radius 3 is 2.65 bits per heavy atom. The third kappa shape index (κ3) is 2.43. The number of nitrogens with zero attached hydrogens (tertiary/aromatic N) is 3. The van der Waals surface area contributed by atoms with Crippen LogP contribution in [0.2, 0.25) is 0 Å². The van der Waals surface area contributed by atoms with Gasteiger partial charge in [-0.2, -0.15) is 0 Å². The van der Waals surface area contributed by atoms with Gasteiger partial charge in [0.2, 0.25) is 5.91 Å². The molecule has 2 rings (SSSR count). The van der Waals surface area contributed by atoms with E-state index in [0.29, 0.717) is 24.5 Å². The average molecular weight is 233 g/mol. The Kier molecular flexibility index (Phi) is 3.37. The van der Waals surface area contributed by atoms with Crippen LogP contribution >= 0.6 is 0 Å². The van der Waals surface area contributed by atoms with Gasteiger partial charge in [0, 0.05) is 39.3 Å². The van der Waals surface area contributed by atoms with E-state index < -0.39 is 0 Å². The van der Waals surface area contributed by atoms with Gasteiger partial charge in [-0.25, -0.2) is 4.98 Å². The maximum absolute atomic E-state index is 11.2. The molecule has 0 aliphatic carbocycles. The fourth-order valence-corrected chi connectivity index (χ4v) is 2.00. The van der Waals surface area contributed by atoms with Gasteiger partial charge in [0.1, 0.15) is 5.82 Å². The molecular weight excluding hydrogens is 218 g/mol. The van der Waals surface area contributed by atoms with Gasteiger partial charge in [0.05, 0.1) is 5.56 Å². The topological polar surface area (TPSA) is 53.5 Å². The van der Waals surface area contributed by atoms with Gasteiger partial charge in [-0.15, -0.1) is 0 Å². The van der Waals surface area contributed by atoms with Gasteiger partial charge in [0.25, 0.3) is 0 Å². The number of aldehydes is 1. The van der Waals surface area contributed by atoms with Gasteiger partial charge < -0.3 is 9.80 Å². The predicted octanol–water partition coefficient (Wildman–Crippen LogP) is 0.563. The second-order valence-electron chi connectivity index (χ2n) is 4.03. The van der Waals surface area contributed by atoms with Crippen LogP contribution in [-0.4, -0.2) is 48.3 Å². The molecule has 5 heteroatoms. The number of amides is 1. The highest BCUT2D eigenvalue weighted by atomic mass is 16.2. The molecule has 0 saturated carbocycles. The highest BCUT2D eigenvalue weighted by molar-refractivity contribution is 5.82. The molecule has 1 aliphatic heterocycles. The summed E-state index contributed by atoms with van der Waals surface area (Å²) in [4.78, 5) is 30.2. The van der Waals surface area contributed by atoms with Gasteiger partial charge in [-0.05, 0) is 12.1 Å². The molecule has 1 amide bonds. The Balaban J connectivity index is 2.10. The van der Waals surface area contributed by atoms with Crippen LogP contribution in [-0.2, 0) is 4.79 Å². The summed E-state index contributed by atoms with van der Waals surface area (Å²) < 4.78 is 0. The molecule has 0 bridgehead atoms. The SMILES string of the molecule is CC(=O)N1CCN(c2ncccc2C=O)CC1. The monoisotopic (exact) mass is 233 g/mol. The lowest BCUT2D eigenvalue weighted by molar-refractivity contribution is -0.129. The first-order chi connectivity index (χ1) is 8.22. The Bertz CT molecular complexity index is 426. The Morgan fingerprint density at radius 1 is 1.35 bits per heavy atom. The molecule has 17 heavy (non-hydrogen) atoms. The van der Waals surface area contributed by atoms with Crippen molar-refractivity contribution < 1.29 is 9.59 Å². The summed E-state index contributed by atoms with van der Waals surface area (Å²) in [5.74, 6) is 0.812. The molecule has 1 aliphatic rings. The van der Waals surface area contributed by atoms with E-state index in [0.717, 1.165) is 19.4 Å². The molecule has 0 radical (unpaired) electrons. The summed E-state index contributed by atoms with van der Waals surface area (Å²) in [5.41, 5.74) is 0.601. The van der Waals surface area contributed by atoms with Crippen LogP contribution in [0.5, 0.6) is 0 Å². The number of hydrogen-bond donors (Lipinski definition) is 0. The summed E-state index contributed by atoms with van der Waals surface area (Å²) in [5, 5.41) is 0. The fourth-order valence-electron chi connectivity index (χ4n) is 2.00.